The van der Waals surface area contributed by atoms with Crippen molar-refractivity contribution in [1.82, 2.24) is 19.5 Å². The number of hydrogen-bond donors (Lipinski definition) is 0. The molecule has 3 rings (SSSR count). The highest BCUT2D eigenvalue weighted by Crippen LogP contribution is 2.35. The molecule has 1 unspecified atom stereocenters. The third kappa shape index (κ3) is 4.03. The molecule has 0 N–H and O–H groups in total. The Morgan fingerprint density at radius 1 is 1.15 bits per heavy atom. The lowest BCUT2D eigenvalue weighted by atomic mass is 10.1. The van der Waals surface area contributed by atoms with Crippen molar-refractivity contribution in [2.24, 2.45) is 0 Å². The zero-order chi connectivity index (χ0) is 21.7. The molecule has 144 valence electrons. The SMILES string of the molecule is [2H]CC(=O)OC[C@H]1OC(n2cnc3cncnc32)[C@H](OC(=O)C[2H])[C@@H]1OC(=O)C[2H]. The van der Waals surface area contributed by atoms with Gasteiger partial charge in [0.25, 0.3) is 0 Å². The van der Waals surface area contributed by atoms with Crippen LogP contribution < -0.4 is 0 Å². The fraction of sp³-hybridized carbons (Fsp3) is 0.500. The van der Waals surface area contributed by atoms with Gasteiger partial charge >= 0.3 is 17.9 Å². The van der Waals surface area contributed by atoms with Gasteiger partial charge < -0.3 is 18.9 Å². The Kier molecular flexibility index (Phi) is 4.26. The summed E-state index contributed by atoms with van der Waals surface area (Å²) < 4.78 is 44.2. The third-order valence-corrected chi connectivity index (χ3v) is 3.74. The van der Waals surface area contributed by atoms with Crippen LogP contribution in [-0.2, 0) is 33.3 Å². The third-order valence-electron chi connectivity index (χ3n) is 3.74. The molecule has 3 heterocycles. The monoisotopic (exact) mass is 381 g/mol. The molecular formula is C16H18N4O7. The lowest BCUT2D eigenvalue weighted by Crippen LogP contribution is -2.40. The fourth-order valence-electron chi connectivity index (χ4n) is 2.78. The van der Waals surface area contributed by atoms with E-state index in [4.69, 9.17) is 23.1 Å². The summed E-state index contributed by atoms with van der Waals surface area (Å²) in [5, 5.41) is 0. The lowest BCUT2D eigenvalue weighted by Gasteiger charge is -2.23. The Morgan fingerprint density at radius 2 is 1.89 bits per heavy atom. The molecule has 1 aliphatic rings. The topological polar surface area (TPSA) is 132 Å². The van der Waals surface area contributed by atoms with Crippen molar-refractivity contribution in [1.29, 1.82) is 0 Å². The van der Waals surface area contributed by atoms with Crippen LogP contribution in [-0.4, -0.2) is 62.3 Å². The maximum Gasteiger partial charge on any atom is 0.303 e. The second-order valence-electron chi connectivity index (χ2n) is 5.54. The van der Waals surface area contributed by atoms with Crippen molar-refractivity contribution in [3.05, 3.63) is 18.9 Å². The molecule has 0 amide bonds. The van der Waals surface area contributed by atoms with Crippen LogP contribution in [0.5, 0.6) is 0 Å². The molecule has 1 fully saturated rings. The number of carbonyl (C=O) groups is 3. The average Bonchev–Trinajstić information content (AvgIpc) is 3.33. The van der Waals surface area contributed by atoms with E-state index in [1.807, 2.05) is 0 Å². The van der Waals surface area contributed by atoms with E-state index >= 15 is 0 Å². The molecule has 1 saturated heterocycles. The molecule has 2 aromatic rings. The maximum atomic E-state index is 11.9. The summed E-state index contributed by atoms with van der Waals surface area (Å²) in [6, 6.07) is 0. The van der Waals surface area contributed by atoms with Gasteiger partial charge in [-0.2, -0.15) is 0 Å². The zero-order valence-electron chi connectivity index (χ0n) is 17.0. The average molecular weight is 381 g/mol. The molecule has 2 aromatic heterocycles. The molecule has 11 nitrogen and oxygen atoms in total. The minimum absolute atomic E-state index is 0.344. The molecule has 0 aromatic carbocycles. The van der Waals surface area contributed by atoms with Crippen molar-refractivity contribution < 1.29 is 37.4 Å². The number of esters is 3. The number of nitrogens with zero attached hydrogens (tertiary/aromatic N) is 4. The second kappa shape index (κ2) is 7.66. The van der Waals surface area contributed by atoms with Gasteiger partial charge in [0.1, 0.15) is 24.6 Å². The minimum atomic E-state index is -1.24. The number of carbonyl (C=O) groups excluding carboxylic acids is 3. The fourth-order valence-corrected chi connectivity index (χ4v) is 2.78. The van der Waals surface area contributed by atoms with Crippen LogP contribution in [0, 0.1) is 0 Å². The number of ether oxygens (including phenoxy) is 4. The Morgan fingerprint density at radius 3 is 2.63 bits per heavy atom. The first kappa shape index (κ1) is 15.0. The van der Waals surface area contributed by atoms with Gasteiger partial charge in [0.05, 0.1) is 12.5 Å². The van der Waals surface area contributed by atoms with Gasteiger partial charge in [-0.15, -0.1) is 0 Å². The number of hydrogen-bond acceptors (Lipinski definition) is 10. The molecule has 0 saturated carbocycles. The van der Waals surface area contributed by atoms with Gasteiger partial charge in [-0.05, 0) is 0 Å². The normalized spacial score (nSPS) is 26.0. The van der Waals surface area contributed by atoms with Crippen LogP contribution in [0.15, 0.2) is 18.9 Å². The van der Waals surface area contributed by atoms with Crippen LogP contribution in [0.25, 0.3) is 11.2 Å². The zero-order valence-corrected chi connectivity index (χ0v) is 14.0. The van der Waals surface area contributed by atoms with Gasteiger partial charge in [0.15, 0.2) is 24.1 Å². The molecular weight excluding hydrogens is 360 g/mol. The van der Waals surface area contributed by atoms with Gasteiger partial charge in [0, 0.05) is 24.8 Å². The van der Waals surface area contributed by atoms with Crippen molar-refractivity contribution in [2.75, 3.05) is 6.61 Å². The van der Waals surface area contributed by atoms with Crippen LogP contribution in [0.2, 0.25) is 0 Å². The quantitative estimate of drug-likeness (QED) is 0.521. The highest BCUT2D eigenvalue weighted by atomic mass is 16.7. The molecule has 0 radical (unpaired) electrons. The van der Waals surface area contributed by atoms with Gasteiger partial charge in [-0.25, -0.2) is 15.0 Å². The highest BCUT2D eigenvalue weighted by molar-refractivity contribution is 5.70. The summed E-state index contributed by atoms with van der Waals surface area (Å²) >= 11 is 0. The van der Waals surface area contributed by atoms with Crippen molar-refractivity contribution in [2.45, 2.75) is 45.2 Å². The Balaban J connectivity index is 1.96. The Labute approximate surface area is 157 Å². The first-order valence-electron chi connectivity index (χ1n) is 9.81. The minimum Gasteiger partial charge on any atom is -0.463 e. The van der Waals surface area contributed by atoms with E-state index in [1.165, 1.54) is 23.4 Å². The van der Waals surface area contributed by atoms with E-state index in [9.17, 15) is 14.4 Å². The maximum absolute atomic E-state index is 11.9. The van der Waals surface area contributed by atoms with E-state index in [2.05, 4.69) is 15.0 Å². The summed E-state index contributed by atoms with van der Waals surface area (Å²) in [6.07, 6.45) is -0.499. The van der Waals surface area contributed by atoms with E-state index in [1.54, 1.807) is 0 Å². The standard InChI is InChI=1S/C16H18N4O7/c1-8(21)24-5-12-13(25-9(2)22)14(26-10(3)23)16(27-12)20-7-19-11-4-17-6-18-15(11)20/h4,6-7,12-14,16H,5H2,1-3H3/t12-,13-,14-,16?/m1/s1/i1D,2D,3D. The summed E-state index contributed by atoms with van der Waals surface area (Å²) in [7, 11) is 0. The van der Waals surface area contributed by atoms with Crippen LogP contribution >= 0.6 is 0 Å². The molecule has 11 heteroatoms. The predicted molar refractivity (Wildman–Crippen MR) is 87.0 cm³/mol. The number of aromatic nitrogens is 4. The summed E-state index contributed by atoms with van der Waals surface area (Å²) in [5.74, 6) is -2.64. The summed E-state index contributed by atoms with van der Waals surface area (Å²) in [5.41, 5.74) is 0.770. The first-order valence-corrected chi connectivity index (χ1v) is 7.68. The summed E-state index contributed by atoms with van der Waals surface area (Å²) in [6.45, 7) is -2.39. The van der Waals surface area contributed by atoms with Crippen LogP contribution in [0.3, 0.4) is 0 Å². The molecule has 27 heavy (non-hydrogen) atoms. The van der Waals surface area contributed by atoms with E-state index < -0.39 is 63.1 Å². The van der Waals surface area contributed by atoms with E-state index in [-0.39, 0.29) is 6.61 Å². The van der Waals surface area contributed by atoms with E-state index in [0.29, 0.717) is 11.2 Å². The first-order chi connectivity index (χ1) is 14.5. The van der Waals surface area contributed by atoms with Crippen molar-refractivity contribution in [3.8, 4) is 0 Å². The molecule has 0 bridgehead atoms. The van der Waals surface area contributed by atoms with Crippen molar-refractivity contribution in [3.63, 3.8) is 0 Å². The second-order valence-corrected chi connectivity index (χ2v) is 5.54. The Bertz CT molecular complexity index is 927. The lowest BCUT2D eigenvalue weighted by molar-refractivity contribution is -0.166. The number of fused-ring (bicyclic) bond motifs is 1. The van der Waals surface area contributed by atoms with Gasteiger partial charge in [0.2, 0.25) is 0 Å². The predicted octanol–water partition coefficient (Wildman–Crippen LogP) is 0.150. The molecule has 4 atom stereocenters. The number of rotatable bonds is 5. The highest BCUT2D eigenvalue weighted by Gasteiger charge is 2.51. The Hall–Kier alpha value is -3.08. The van der Waals surface area contributed by atoms with Crippen LogP contribution in [0.4, 0.5) is 0 Å². The smallest absolute Gasteiger partial charge is 0.303 e. The van der Waals surface area contributed by atoms with Crippen molar-refractivity contribution >= 4 is 29.1 Å². The molecule has 0 spiro atoms. The van der Waals surface area contributed by atoms with E-state index in [0.717, 1.165) is 0 Å². The largest absolute Gasteiger partial charge is 0.463 e. The molecule has 0 aliphatic carbocycles. The van der Waals surface area contributed by atoms with Crippen LogP contribution in [0.1, 0.15) is 31.0 Å². The molecule has 1 aliphatic heterocycles. The number of imidazole rings is 1. The van der Waals surface area contributed by atoms with Gasteiger partial charge in [-0.1, -0.05) is 0 Å². The van der Waals surface area contributed by atoms with Gasteiger partial charge in [-0.3, -0.25) is 19.0 Å². The summed E-state index contributed by atoms with van der Waals surface area (Å²) in [4.78, 5) is 47.2.